The van der Waals surface area contributed by atoms with Gasteiger partial charge in [-0.05, 0) is 43.0 Å². The second-order valence-corrected chi connectivity index (χ2v) is 6.63. The molecule has 1 aromatic carbocycles. The summed E-state index contributed by atoms with van der Waals surface area (Å²) in [4.78, 5) is 19.2. The SMILES string of the molecule is Cc1cc(-c2ccccc2)cc([C@@H]2CCCN2C(=O)C(C)C)n1. The first-order chi connectivity index (χ1) is 11.1. The van der Waals surface area contributed by atoms with Gasteiger partial charge in [0.2, 0.25) is 5.91 Å². The molecule has 0 spiro atoms. The van der Waals surface area contributed by atoms with Gasteiger partial charge < -0.3 is 4.90 Å². The minimum atomic E-state index is 0.0361. The number of hydrogen-bond acceptors (Lipinski definition) is 2. The molecule has 1 aliphatic heterocycles. The van der Waals surface area contributed by atoms with Crippen LogP contribution in [0.2, 0.25) is 0 Å². The molecule has 120 valence electrons. The molecule has 0 N–H and O–H groups in total. The Morgan fingerprint density at radius 2 is 1.91 bits per heavy atom. The van der Waals surface area contributed by atoms with E-state index in [1.165, 1.54) is 11.1 Å². The van der Waals surface area contributed by atoms with Crippen molar-refractivity contribution in [2.75, 3.05) is 6.54 Å². The fraction of sp³-hybridized carbons (Fsp3) is 0.400. The first-order valence-electron chi connectivity index (χ1n) is 8.41. The van der Waals surface area contributed by atoms with Crippen molar-refractivity contribution in [1.82, 2.24) is 9.88 Å². The van der Waals surface area contributed by atoms with Gasteiger partial charge in [-0.25, -0.2) is 0 Å². The van der Waals surface area contributed by atoms with Crippen LogP contribution in [-0.4, -0.2) is 22.3 Å². The van der Waals surface area contributed by atoms with E-state index in [1.807, 2.05) is 31.7 Å². The van der Waals surface area contributed by atoms with E-state index in [2.05, 4.69) is 36.4 Å². The van der Waals surface area contributed by atoms with E-state index in [4.69, 9.17) is 4.98 Å². The first kappa shape index (κ1) is 15.7. The summed E-state index contributed by atoms with van der Waals surface area (Å²) in [5, 5.41) is 0. The predicted octanol–water partition coefficient (Wildman–Crippen LogP) is 4.38. The Morgan fingerprint density at radius 1 is 1.17 bits per heavy atom. The Kier molecular flexibility index (Phi) is 4.46. The summed E-state index contributed by atoms with van der Waals surface area (Å²) in [6.07, 6.45) is 2.06. The molecule has 0 aliphatic carbocycles. The number of pyridine rings is 1. The van der Waals surface area contributed by atoms with Gasteiger partial charge in [-0.1, -0.05) is 44.2 Å². The topological polar surface area (TPSA) is 33.2 Å². The van der Waals surface area contributed by atoms with Crippen LogP contribution in [0.5, 0.6) is 0 Å². The molecule has 0 unspecified atom stereocenters. The Morgan fingerprint density at radius 3 is 2.61 bits per heavy atom. The number of likely N-dealkylation sites (tertiary alicyclic amines) is 1. The molecular weight excluding hydrogens is 284 g/mol. The van der Waals surface area contributed by atoms with Crippen LogP contribution in [0.1, 0.15) is 44.1 Å². The van der Waals surface area contributed by atoms with E-state index >= 15 is 0 Å². The van der Waals surface area contributed by atoms with Crippen LogP contribution in [-0.2, 0) is 4.79 Å². The summed E-state index contributed by atoms with van der Waals surface area (Å²) < 4.78 is 0. The highest BCUT2D eigenvalue weighted by Gasteiger charge is 2.32. The molecule has 1 aromatic heterocycles. The quantitative estimate of drug-likeness (QED) is 0.843. The van der Waals surface area contributed by atoms with Crippen LogP contribution < -0.4 is 0 Å². The van der Waals surface area contributed by atoms with Gasteiger partial charge >= 0.3 is 0 Å². The molecule has 1 amide bonds. The molecule has 1 aliphatic rings. The van der Waals surface area contributed by atoms with Crippen molar-refractivity contribution in [2.45, 2.75) is 39.7 Å². The average molecular weight is 308 g/mol. The fourth-order valence-corrected chi connectivity index (χ4v) is 3.33. The first-order valence-corrected chi connectivity index (χ1v) is 8.41. The minimum absolute atomic E-state index is 0.0361. The number of hydrogen-bond donors (Lipinski definition) is 0. The Hall–Kier alpha value is -2.16. The Bertz CT molecular complexity index is 694. The number of nitrogens with zero attached hydrogens (tertiary/aromatic N) is 2. The normalized spacial score (nSPS) is 17.7. The van der Waals surface area contributed by atoms with Gasteiger partial charge in [-0.2, -0.15) is 0 Å². The second-order valence-electron chi connectivity index (χ2n) is 6.63. The maximum absolute atomic E-state index is 12.5. The lowest BCUT2D eigenvalue weighted by molar-refractivity contribution is -0.135. The molecule has 23 heavy (non-hydrogen) atoms. The third kappa shape index (κ3) is 3.29. The highest BCUT2D eigenvalue weighted by Crippen LogP contribution is 2.34. The molecule has 0 bridgehead atoms. The lowest BCUT2D eigenvalue weighted by atomic mass is 10.0. The summed E-state index contributed by atoms with van der Waals surface area (Å²) >= 11 is 0. The van der Waals surface area contributed by atoms with E-state index in [0.717, 1.165) is 30.8 Å². The molecule has 1 fully saturated rings. The average Bonchev–Trinajstić information content (AvgIpc) is 3.03. The Balaban J connectivity index is 1.97. The summed E-state index contributed by atoms with van der Waals surface area (Å²) in [7, 11) is 0. The van der Waals surface area contributed by atoms with Gasteiger partial charge in [0.25, 0.3) is 0 Å². The molecule has 3 heteroatoms. The minimum Gasteiger partial charge on any atom is -0.334 e. The molecule has 2 heterocycles. The molecule has 2 aromatic rings. The van der Waals surface area contributed by atoms with E-state index in [1.54, 1.807) is 0 Å². The zero-order valence-corrected chi connectivity index (χ0v) is 14.1. The van der Waals surface area contributed by atoms with Crippen molar-refractivity contribution in [2.24, 2.45) is 5.92 Å². The molecular formula is C20H24N2O. The lowest BCUT2D eigenvalue weighted by Gasteiger charge is -2.26. The maximum atomic E-state index is 12.5. The van der Waals surface area contributed by atoms with Crippen LogP contribution >= 0.6 is 0 Å². The number of benzene rings is 1. The van der Waals surface area contributed by atoms with Crippen molar-refractivity contribution < 1.29 is 4.79 Å². The third-order valence-corrected chi connectivity index (χ3v) is 4.45. The van der Waals surface area contributed by atoms with Crippen LogP contribution in [0.25, 0.3) is 11.1 Å². The number of carbonyl (C=O) groups is 1. The van der Waals surface area contributed by atoms with Crippen molar-refractivity contribution >= 4 is 5.91 Å². The van der Waals surface area contributed by atoms with Gasteiger partial charge in [0.05, 0.1) is 11.7 Å². The molecule has 1 saturated heterocycles. The summed E-state index contributed by atoms with van der Waals surface area (Å²) in [6.45, 7) is 6.81. The standard InChI is InChI=1S/C20H24N2O/c1-14(2)20(23)22-11-7-10-19(22)18-13-17(12-15(3)21-18)16-8-5-4-6-9-16/h4-6,8-9,12-14,19H,7,10-11H2,1-3H3/t19-/m0/s1. The smallest absolute Gasteiger partial charge is 0.225 e. The van der Waals surface area contributed by atoms with Crippen LogP contribution in [0.4, 0.5) is 0 Å². The highest BCUT2D eigenvalue weighted by molar-refractivity contribution is 5.79. The van der Waals surface area contributed by atoms with Gasteiger partial charge in [0.1, 0.15) is 0 Å². The fourth-order valence-electron chi connectivity index (χ4n) is 3.33. The van der Waals surface area contributed by atoms with E-state index < -0.39 is 0 Å². The maximum Gasteiger partial charge on any atom is 0.225 e. The van der Waals surface area contributed by atoms with E-state index in [9.17, 15) is 4.79 Å². The van der Waals surface area contributed by atoms with Gasteiger partial charge in [-0.15, -0.1) is 0 Å². The van der Waals surface area contributed by atoms with Crippen molar-refractivity contribution in [3.63, 3.8) is 0 Å². The summed E-state index contributed by atoms with van der Waals surface area (Å²) in [6, 6.07) is 14.7. The van der Waals surface area contributed by atoms with Crippen molar-refractivity contribution in [3.05, 3.63) is 53.9 Å². The number of carbonyl (C=O) groups excluding carboxylic acids is 1. The van der Waals surface area contributed by atoms with Crippen molar-refractivity contribution in [3.8, 4) is 11.1 Å². The number of amides is 1. The molecule has 0 radical (unpaired) electrons. The molecule has 0 saturated carbocycles. The highest BCUT2D eigenvalue weighted by atomic mass is 16.2. The van der Waals surface area contributed by atoms with Crippen LogP contribution in [0.3, 0.4) is 0 Å². The van der Waals surface area contributed by atoms with Crippen LogP contribution in [0.15, 0.2) is 42.5 Å². The van der Waals surface area contributed by atoms with Gasteiger partial charge in [0, 0.05) is 18.2 Å². The van der Waals surface area contributed by atoms with Crippen molar-refractivity contribution in [1.29, 1.82) is 0 Å². The largest absolute Gasteiger partial charge is 0.334 e. The summed E-state index contributed by atoms with van der Waals surface area (Å²) in [5.41, 5.74) is 4.40. The lowest BCUT2D eigenvalue weighted by Crippen LogP contribution is -2.34. The number of rotatable bonds is 3. The number of aromatic nitrogens is 1. The molecule has 3 nitrogen and oxygen atoms in total. The van der Waals surface area contributed by atoms with Crippen LogP contribution in [0, 0.1) is 12.8 Å². The molecule has 3 rings (SSSR count). The van der Waals surface area contributed by atoms with Gasteiger partial charge in [-0.3, -0.25) is 9.78 Å². The van der Waals surface area contributed by atoms with E-state index in [0.29, 0.717) is 0 Å². The summed E-state index contributed by atoms with van der Waals surface area (Å²) in [5.74, 6) is 0.270. The zero-order chi connectivity index (χ0) is 16.4. The monoisotopic (exact) mass is 308 g/mol. The third-order valence-electron chi connectivity index (χ3n) is 4.45. The number of aryl methyl sites for hydroxylation is 1. The van der Waals surface area contributed by atoms with E-state index in [-0.39, 0.29) is 17.9 Å². The zero-order valence-electron chi connectivity index (χ0n) is 14.1. The molecule has 1 atom stereocenters. The Labute approximate surface area is 138 Å². The predicted molar refractivity (Wildman–Crippen MR) is 92.9 cm³/mol. The second kappa shape index (κ2) is 6.53. The van der Waals surface area contributed by atoms with Gasteiger partial charge in [0.15, 0.2) is 0 Å².